The second-order valence-corrected chi connectivity index (χ2v) is 7.90. The van der Waals surface area contributed by atoms with E-state index in [0.29, 0.717) is 5.02 Å². The van der Waals surface area contributed by atoms with Crippen molar-refractivity contribution in [3.63, 3.8) is 0 Å². The van der Waals surface area contributed by atoms with Gasteiger partial charge in [-0.3, -0.25) is 4.79 Å². The predicted octanol–water partition coefficient (Wildman–Crippen LogP) is 2.84. The molecule has 0 aliphatic rings. The number of hydrogen-bond donors (Lipinski definition) is 1. The summed E-state index contributed by atoms with van der Waals surface area (Å²) in [6.07, 6.45) is 0. The summed E-state index contributed by atoms with van der Waals surface area (Å²) < 4.78 is 25.9. The van der Waals surface area contributed by atoms with Crippen LogP contribution in [0.1, 0.15) is 18.5 Å². The Morgan fingerprint density at radius 2 is 1.71 bits per heavy atom. The number of carbonyl (C=O) groups excluding carboxylic acids is 1. The molecule has 24 heavy (non-hydrogen) atoms. The quantitative estimate of drug-likeness (QED) is 0.854. The van der Waals surface area contributed by atoms with Gasteiger partial charge in [0.2, 0.25) is 15.9 Å². The van der Waals surface area contributed by atoms with Crippen LogP contribution in [0.2, 0.25) is 5.02 Å². The van der Waals surface area contributed by atoms with Gasteiger partial charge in [0.1, 0.15) is 0 Å². The number of carbonyl (C=O) groups is 1. The van der Waals surface area contributed by atoms with E-state index in [4.69, 9.17) is 11.6 Å². The lowest BCUT2D eigenvalue weighted by Crippen LogP contribution is -2.39. The van der Waals surface area contributed by atoms with Crippen LogP contribution in [-0.2, 0) is 14.8 Å². The fourth-order valence-electron chi connectivity index (χ4n) is 2.19. The third-order valence-corrected chi connectivity index (χ3v) is 5.63. The fraction of sp³-hybridized carbons (Fsp3) is 0.235. The first-order chi connectivity index (χ1) is 11.3. The van der Waals surface area contributed by atoms with Gasteiger partial charge < -0.3 is 5.32 Å². The van der Waals surface area contributed by atoms with Gasteiger partial charge in [0.15, 0.2) is 0 Å². The molecule has 0 bridgehead atoms. The Hall–Kier alpha value is -1.89. The van der Waals surface area contributed by atoms with Crippen molar-refractivity contribution in [3.8, 4) is 0 Å². The maximum Gasteiger partial charge on any atom is 0.243 e. The maximum absolute atomic E-state index is 12.4. The van der Waals surface area contributed by atoms with E-state index in [1.807, 2.05) is 37.3 Å². The molecule has 0 radical (unpaired) electrons. The zero-order valence-corrected chi connectivity index (χ0v) is 15.0. The molecule has 0 heterocycles. The van der Waals surface area contributed by atoms with Crippen molar-refractivity contribution in [2.24, 2.45) is 0 Å². The van der Waals surface area contributed by atoms with Crippen LogP contribution in [0.5, 0.6) is 0 Å². The van der Waals surface area contributed by atoms with Crippen LogP contribution in [0, 0.1) is 0 Å². The van der Waals surface area contributed by atoms with E-state index >= 15 is 0 Å². The average Bonchev–Trinajstić information content (AvgIpc) is 2.55. The van der Waals surface area contributed by atoms with E-state index in [-0.39, 0.29) is 23.4 Å². The number of amides is 1. The van der Waals surface area contributed by atoms with Crippen molar-refractivity contribution < 1.29 is 13.2 Å². The smallest absolute Gasteiger partial charge is 0.243 e. The van der Waals surface area contributed by atoms with Gasteiger partial charge in [-0.25, -0.2) is 8.42 Å². The zero-order chi connectivity index (χ0) is 17.7. The van der Waals surface area contributed by atoms with Crippen molar-refractivity contribution in [1.82, 2.24) is 9.62 Å². The number of rotatable bonds is 6. The van der Waals surface area contributed by atoms with Gasteiger partial charge in [-0.2, -0.15) is 4.31 Å². The highest BCUT2D eigenvalue weighted by atomic mass is 35.5. The zero-order valence-electron chi connectivity index (χ0n) is 13.4. The molecule has 0 saturated heterocycles. The minimum absolute atomic E-state index is 0.0957. The highest BCUT2D eigenvalue weighted by molar-refractivity contribution is 7.89. The number of halogens is 1. The van der Waals surface area contributed by atoms with Crippen LogP contribution in [0.15, 0.2) is 59.5 Å². The second kappa shape index (κ2) is 7.79. The fourth-order valence-corrected chi connectivity index (χ4v) is 3.44. The largest absolute Gasteiger partial charge is 0.348 e. The normalized spacial score (nSPS) is 12.8. The van der Waals surface area contributed by atoms with Crippen molar-refractivity contribution in [1.29, 1.82) is 0 Å². The molecule has 1 atom stereocenters. The summed E-state index contributed by atoms with van der Waals surface area (Å²) in [6, 6.07) is 15.1. The van der Waals surface area contributed by atoms with E-state index in [0.717, 1.165) is 9.87 Å². The first kappa shape index (κ1) is 18.4. The lowest BCUT2D eigenvalue weighted by atomic mass is 10.1. The highest BCUT2D eigenvalue weighted by Crippen LogP contribution is 2.17. The molecule has 2 aromatic carbocycles. The minimum Gasteiger partial charge on any atom is -0.348 e. The molecule has 2 rings (SSSR count). The second-order valence-electron chi connectivity index (χ2n) is 5.41. The van der Waals surface area contributed by atoms with Gasteiger partial charge in [0.25, 0.3) is 0 Å². The first-order valence-electron chi connectivity index (χ1n) is 7.37. The van der Waals surface area contributed by atoms with Crippen LogP contribution >= 0.6 is 11.6 Å². The molecule has 0 aliphatic carbocycles. The van der Waals surface area contributed by atoms with Crippen LogP contribution < -0.4 is 5.32 Å². The van der Waals surface area contributed by atoms with E-state index < -0.39 is 10.0 Å². The lowest BCUT2D eigenvalue weighted by molar-refractivity contribution is -0.121. The van der Waals surface area contributed by atoms with Gasteiger partial charge in [-0.1, -0.05) is 41.9 Å². The summed E-state index contributed by atoms with van der Waals surface area (Å²) in [5.41, 5.74) is 0.953. The Balaban J connectivity index is 2.01. The van der Waals surface area contributed by atoms with Gasteiger partial charge in [0.05, 0.1) is 17.5 Å². The molecule has 0 unspecified atom stereocenters. The number of benzene rings is 2. The summed E-state index contributed by atoms with van der Waals surface area (Å²) in [5.74, 6) is -0.369. The van der Waals surface area contributed by atoms with E-state index in [2.05, 4.69) is 5.32 Å². The molecule has 5 nitrogen and oxygen atoms in total. The topological polar surface area (TPSA) is 66.5 Å². The van der Waals surface area contributed by atoms with Crippen molar-refractivity contribution in [2.75, 3.05) is 13.6 Å². The third-order valence-electron chi connectivity index (χ3n) is 3.57. The van der Waals surface area contributed by atoms with Gasteiger partial charge in [-0.15, -0.1) is 0 Å². The van der Waals surface area contributed by atoms with E-state index in [1.165, 1.54) is 31.3 Å². The molecule has 128 valence electrons. The lowest BCUT2D eigenvalue weighted by Gasteiger charge is -2.19. The SMILES string of the molecule is C[C@@H](NC(=O)CN(C)S(=O)(=O)c1ccc(Cl)cc1)c1ccccc1. The molecule has 0 fully saturated rings. The maximum atomic E-state index is 12.4. The molecular weight excluding hydrogens is 348 g/mol. The summed E-state index contributed by atoms with van der Waals surface area (Å²) in [5, 5.41) is 3.24. The van der Waals surface area contributed by atoms with E-state index in [9.17, 15) is 13.2 Å². The summed E-state index contributed by atoms with van der Waals surface area (Å²) in [4.78, 5) is 12.2. The standard InChI is InChI=1S/C17H19ClN2O3S/c1-13(14-6-4-3-5-7-14)19-17(21)12-20(2)24(22,23)16-10-8-15(18)9-11-16/h3-11,13H,12H2,1-2H3,(H,19,21)/t13-/m1/s1. The van der Waals surface area contributed by atoms with Gasteiger partial charge in [-0.05, 0) is 36.8 Å². The highest BCUT2D eigenvalue weighted by Gasteiger charge is 2.23. The summed E-state index contributed by atoms with van der Waals surface area (Å²) >= 11 is 5.77. The Morgan fingerprint density at radius 1 is 1.12 bits per heavy atom. The Morgan fingerprint density at radius 3 is 2.29 bits per heavy atom. The number of likely N-dealkylation sites (N-methyl/N-ethyl adjacent to an activating group) is 1. The van der Waals surface area contributed by atoms with Crippen LogP contribution in [0.25, 0.3) is 0 Å². The van der Waals surface area contributed by atoms with Crippen molar-refractivity contribution >= 4 is 27.5 Å². The molecule has 2 aromatic rings. The van der Waals surface area contributed by atoms with Gasteiger partial charge >= 0.3 is 0 Å². The van der Waals surface area contributed by atoms with Crippen molar-refractivity contribution in [2.45, 2.75) is 17.9 Å². The van der Waals surface area contributed by atoms with Crippen LogP contribution in [0.4, 0.5) is 0 Å². The summed E-state index contributed by atoms with van der Waals surface area (Å²) in [6.45, 7) is 1.59. The third kappa shape index (κ3) is 4.56. The monoisotopic (exact) mass is 366 g/mol. The molecule has 0 aliphatic heterocycles. The Labute approximate surface area is 147 Å². The summed E-state index contributed by atoms with van der Waals surface area (Å²) in [7, 11) is -2.37. The first-order valence-corrected chi connectivity index (χ1v) is 9.18. The number of nitrogens with zero attached hydrogens (tertiary/aromatic N) is 1. The van der Waals surface area contributed by atoms with Gasteiger partial charge in [0, 0.05) is 12.1 Å². The number of sulfonamides is 1. The Bertz CT molecular complexity index is 792. The Kier molecular flexibility index (Phi) is 5.99. The van der Waals surface area contributed by atoms with Crippen LogP contribution in [-0.4, -0.2) is 32.2 Å². The van der Waals surface area contributed by atoms with Crippen molar-refractivity contribution in [3.05, 3.63) is 65.2 Å². The minimum atomic E-state index is -3.74. The number of hydrogen-bond acceptors (Lipinski definition) is 3. The molecule has 1 amide bonds. The molecular formula is C17H19ClN2O3S. The van der Waals surface area contributed by atoms with Crippen LogP contribution in [0.3, 0.4) is 0 Å². The molecule has 0 spiro atoms. The average molecular weight is 367 g/mol. The molecule has 0 aromatic heterocycles. The number of nitrogens with one attached hydrogen (secondary N) is 1. The molecule has 7 heteroatoms. The van der Waals surface area contributed by atoms with E-state index in [1.54, 1.807) is 0 Å². The molecule has 0 saturated carbocycles. The predicted molar refractivity (Wildman–Crippen MR) is 94.3 cm³/mol. The molecule has 1 N–H and O–H groups in total.